The van der Waals surface area contributed by atoms with Crippen molar-refractivity contribution in [1.29, 1.82) is 0 Å². The van der Waals surface area contributed by atoms with Crippen molar-refractivity contribution in [2.75, 3.05) is 13.1 Å². The van der Waals surface area contributed by atoms with E-state index in [0.717, 1.165) is 31.5 Å². The van der Waals surface area contributed by atoms with Gasteiger partial charge in [-0.3, -0.25) is 4.79 Å². The van der Waals surface area contributed by atoms with E-state index in [-0.39, 0.29) is 24.4 Å². The summed E-state index contributed by atoms with van der Waals surface area (Å²) >= 11 is 0. The lowest BCUT2D eigenvalue weighted by atomic mass is 10.0. The quantitative estimate of drug-likeness (QED) is 0.915. The molecule has 0 unspecified atom stereocenters. The fraction of sp³-hybridized carbons (Fsp3) is 0.353. The zero-order valence-corrected chi connectivity index (χ0v) is 12.8. The highest BCUT2D eigenvalue weighted by Crippen LogP contribution is 2.16. The topological polar surface area (TPSA) is 41.1 Å². The molecule has 112 valence electrons. The molecule has 2 N–H and O–H groups in total. The van der Waals surface area contributed by atoms with Crippen LogP contribution in [-0.2, 0) is 11.2 Å². The molecule has 1 saturated heterocycles. The van der Waals surface area contributed by atoms with Crippen LogP contribution in [0.3, 0.4) is 0 Å². The lowest BCUT2D eigenvalue weighted by Gasteiger charge is -2.23. The number of amides is 1. The summed E-state index contributed by atoms with van der Waals surface area (Å²) in [5.74, 6) is 0.119. The minimum atomic E-state index is 0. The Kier molecular flexibility index (Phi) is 5.59. The van der Waals surface area contributed by atoms with Crippen molar-refractivity contribution >= 4 is 29.1 Å². The first kappa shape index (κ1) is 15.8. The van der Waals surface area contributed by atoms with Crippen molar-refractivity contribution in [1.82, 2.24) is 10.6 Å². The van der Waals surface area contributed by atoms with Gasteiger partial charge in [0.25, 0.3) is 0 Å². The van der Waals surface area contributed by atoms with Crippen LogP contribution in [0.2, 0.25) is 0 Å². The summed E-state index contributed by atoms with van der Waals surface area (Å²) < 4.78 is 0. The number of benzene rings is 2. The summed E-state index contributed by atoms with van der Waals surface area (Å²) in [6, 6.07) is 14.8. The molecule has 0 saturated carbocycles. The van der Waals surface area contributed by atoms with Crippen LogP contribution >= 0.6 is 12.4 Å². The van der Waals surface area contributed by atoms with E-state index < -0.39 is 0 Å². The first-order valence-corrected chi connectivity index (χ1v) is 7.29. The molecule has 1 fully saturated rings. The number of piperidine rings is 1. The Bertz CT molecular complexity index is 609. The molecule has 0 radical (unpaired) electrons. The van der Waals surface area contributed by atoms with Gasteiger partial charge in [-0.2, -0.15) is 0 Å². The number of rotatable bonds is 3. The van der Waals surface area contributed by atoms with Crippen molar-refractivity contribution in [2.45, 2.75) is 25.3 Å². The fourth-order valence-electron chi connectivity index (χ4n) is 2.79. The van der Waals surface area contributed by atoms with E-state index in [1.165, 1.54) is 10.8 Å². The second-order valence-electron chi connectivity index (χ2n) is 5.47. The van der Waals surface area contributed by atoms with Crippen LogP contribution in [0, 0.1) is 0 Å². The number of carbonyl (C=O) groups is 1. The molecule has 1 aliphatic heterocycles. The molecular formula is C17H21ClN2O. The van der Waals surface area contributed by atoms with Gasteiger partial charge in [0.05, 0.1) is 6.42 Å². The number of halogens is 1. The lowest BCUT2D eigenvalue weighted by molar-refractivity contribution is -0.121. The second kappa shape index (κ2) is 7.43. The average molecular weight is 305 g/mol. The Labute approximate surface area is 131 Å². The Morgan fingerprint density at radius 3 is 2.76 bits per heavy atom. The number of hydrogen-bond donors (Lipinski definition) is 2. The molecule has 21 heavy (non-hydrogen) atoms. The summed E-state index contributed by atoms with van der Waals surface area (Å²) in [5.41, 5.74) is 1.07. The van der Waals surface area contributed by atoms with Crippen LogP contribution in [0.15, 0.2) is 42.5 Å². The Hall–Kier alpha value is -1.58. The largest absolute Gasteiger partial charge is 0.352 e. The predicted octanol–water partition coefficient (Wildman–Crippen LogP) is 2.67. The average Bonchev–Trinajstić information content (AvgIpc) is 2.48. The third-order valence-electron chi connectivity index (χ3n) is 3.84. The summed E-state index contributed by atoms with van der Waals surface area (Å²) in [4.78, 5) is 12.1. The van der Waals surface area contributed by atoms with Gasteiger partial charge in [-0.1, -0.05) is 42.5 Å². The van der Waals surface area contributed by atoms with Gasteiger partial charge in [0.2, 0.25) is 5.91 Å². The van der Waals surface area contributed by atoms with E-state index in [2.05, 4.69) is 34.9 Å². The van der Waals surface area contributed by atoms with Gasteiger partial charge in [-0.25, -0.2) is 0 Å². The standard InChI is InChI=1S/C17H20N2O.ClH/c20-17(19-16-6-3-9-18-12-16)11-13-7-8-14-4-1-2-5-15(14)10-13;/h1-2,4-5,7-8,10,16,18H,3,6,9,11-12H2,(H,19,20);1H/t16-;/m0./s1. The first-order valence-electron chi connectivity index (χ1n) is 7.29. The molecule has 1 heterocycles. The molecule has 4 heteroatoms. The summed E-state index contributed by atoms with van der Waals surface area (Å²) in [5, 5.41) is 8.84. The van der Waals surface area contributed by atoms with Crippen molar-refractivity contribution in [3.63, 3.8) is 0 Å². The van der Waals surface area contributed by atoms with Gasteiger partial charge in [0.1, 0.15) is 0 Å². The van der Waals surface area contributed by atoms with Crippen molar-refractivity contribution in [2.24, 2.45) is 0 Å². The normalized spacial score (nSPS) is 18.0. The van der Waals surface area contributed by atoms with Crippen LogP contribution in [0.1, 0.15) is 18.4 Å². The van der Waals surface area contributed by atoms with Gasteiger partial charge in [-0.15, -0.1) is 12.4 Å². The van der Waals surface area contributed by atoms with Gasteiger partial charge in [-0.05, 0) is 35.7 Å². The minimum absolute atomic E-state index is 0. The molecule has 2 aromatic carbocycles. The molecule has 2 aromatic rings. The number of fused-ring (bicyclic) bond motifs is 1. The number of carbonyl (C=O) groups excluding carboxylic acids is 1. The van der Waals surface area contributed by atoms with E-state index in [9.17, 15) is 4.79 Å². The minimum Gasteiger partial charge on any atom is -0.352 e. The van der Waals surface area contributed by atoms with Crippen LogP contribution in [0.4, 0.5) is 0 Å². The van der Waals surface area contributed by atoms with Gasteiger partial charge in [0, 0.05) is 12.6 Å². The molecule has 0 aliphatic carbocycles. The van der Waals surface area contributed by atoms with E-state index in [4.69, 9.17) is 0 Å². The van der Waals surface area contributed by atoms with E-state index in [1.54, 1.807) is 0 Å². The number of nitrogens with one attached hydrogen (secondary N) is 2. The molecule has 0 aromatic heterocycles. The van der Waals surface area contributed by atoms with Crippen LogP contribution < -0.4 is 10.6 Å². The fourth-order valence-corrected chi connectivity index (χ4v) is 2.79. The highest BCUT2D eigenvalue weighted by Gasteiger charge is 2.15. The van der Waals surface area contributed by atoms with Crippen LogP contribution in [0.25, 0.3) is 10.8 Å². The zero-order valence-electron chi connectivity index (χ0n) is 12.0. The van der Waals surface area contributed by atoms with E-state index >= 15 is 0 Å². The molecule has 1 aliphatic rings. The highest BCUT2D eigenvalue weighted by molar-refractivity contribution is 5.86. The van der Waals surface area contributed by atoms with Gasteiger partial charge >= 0.3 is 0 Å². The van der Waals surface area contributed by atoms with Crippen LogP contribution in [-0.4, -0.2) is 25.0 Å². The Balaban J connectivity index is 0.00000161. The SMILES string of the molecule is Cl.O=C(Cc1ccc2ccccc2c1)N[C@H]1CCCNC1. The summed E-state index contributed by atoms with van der Waals surface area (Å²) in [7, 11) is 0. The van der Waals surface area contributed by atoms with Crippen LogP contribution in [0.5, 0.6) is 0 Å². The lowest BCUT2D eigenvalue weighted by Crippen LogP contribution is -2.46. The molecule has 1 amide bonds. The maximum atomic E-state index is 12.1. The third kappa shape index (κ3) is 4.19. The van der Waals surface area contributed by atoms with Crippen molar-refractivity contribution in [3.8, 4) is 0 Å². The summed E-state index contributed by atoms with van der Waals surface area (Å²) in [6.45, 7) is 1.96. The molecule has 3 nitrogen and oxygen atoms in total. The Morgan fingerprint density at radius 2 is 2.00 bits per heavy atom. The van der Waals surface area contributed by atoms with Gasteiger partial charge < -0.3 is 10.6 Å². The van der Waals surface area contributed by atoms with Crippen molar-refractivity contribution < 1.29 is 4.79 Å². The molecule has 0 bridgehead atoms. The molecule has 3 rings (SSSR count). The predicted molar refractivity (Wildman–Crippen MR) is 88.9 cm³/mol. The highest BCUT2D eigenvalue weighted by atomic mass is 35.5. The van der Waals surface area contributed by atoms with E-state index in [0.29, 0.717) is 6.42 Å². The maximum absolute atomic E-state index is 12.1. The molecular weight excluding hydrogens is 284 g/mol. The first-order chi connectivity index (χ1) is 9.81. The maximum Gasteiger partial charge on any atom is 0.224 e. The smallest absolute Gasteiger partial charge is 0.224 e. The van der Waals surface area contributed by atoms with E-state index in [1.807, 2.05) is 18.2 Å². The van der Waals surface area contributed by atoms with Crippen molar-refractivity contribution in [3.05, 3.63) is 48.0 Å². The van der Waals surface area contributed by atoms with Gasteiger partial charge in [0.15, 0.2) is 0 Å². The third-order valence-corrected chi connectivity index (χ3v) is 3.84. The number of hydrogen-bond acceptors (Lipinski definition) is 2. The molecule has 1 atom stereocenters. The Morgan fingerprint density at radius 1 is 1.19 bits per heavy atom. The monoisotopic (exact) mass is 304 g/mol. The molecule has 0 spiro atoms. The summed E-state index contributed by atoms with van der Waals surface area (Å²) in [6.07, 6.45) is 2.68. The zero-order chi connectivity index (χ0) is 13.8. The second-order valence-corrected chi connectivity index (χ2v) is 5.47.